The van der Waals surface area contributed by atoms with Crippen LogP contribution in [0.2, 0.25) is 0 Å². The predicted molar refractivity (Wildman–Crippen MR) is 337 cm³/mol. The lowest BCUT2D eigenvalue weighted by atomic mass is 10.1. The first kappa shape index (κ1) is 75.7. The van der Waals surface area contributed by atoms with Crippen molar-refractivity contribution in [3.63, 3.8) is 0 Å². The van der Waals surface area contributed by atoms with Gasteiger partial charge in [0.05, 0.1) is 26.2 Å². The molecule has 0 atom stereocenters. The molecule has 4 amide bonds. The number of amides is 4. The van der Waals surface area contributed by atoms with Crippen LogP contribution in [-0.4, -0.2) is 125 Å². The molecule has 12 heteroatoms. The molecule has 0 aromatic heterocycles. The molecule has 0 bridgehead atoms. The molecule has 0 heterocycles. The molecule has 0 unspecified atom stereocenters. The quantitative estimate of drug-likeness (QED) is 0.0330. The Labute approximate surface area is 484 Å². The van der Waals surface area contributed by atoms with E-state index in [9.17, 15) is 19.2 Å². The summed E-state index contributed by atoms with van der Waals surface area (Å²) in [6, 6.07) is 0. The van der Waals surface area contributed by atoms with Crippen LogP contribution >= 0.6 is 0 Å². The zero-order chi connectivity index (χ0) is 56.7. The van der Waals surface area contributed by atoms with Crippen molar-refractivity contribution >= 4 is 23.6 Å². The largest absolute Gasteiger partial charge is 0.355 e. The Hall–Kier alpha value is -2.28. The minimum absolute atomic E-state index is 0.00880. The van der Waals surface area contributed by atoms with Crippen LogP contribution in [0, 0.1) is 0 Å². The summed E-state index contributed by atoms with van der Waals surface area (Å²) in [5.74, 6) is 0.187. The van der Waals surface area contributed by atoms with Crippen LogP contribution in [0.3, 0.4) is 0 Å². The number of nitrogens with one attached hydrogen (secondary N) is 6. The van der Waals surface area contributed by atoms with Crippen molar-refractivity contribution in [2.75, 3.05) is 91.6 Å². The Morgan fingerprint density at radius 1 is 0.231 bits per heavy atom. The average Bonchev–Trinajstić information content (AvgIpc) is 3.42. The second-order valence-electron chi connectivity index (χ2n) is 23.5. The van der Waals surface area contributed by atoms with Gasteiger partial charge in [0.25, 0.3) is 0 Å². The summed E-state index contributed by atoms with van der Waals surface area (Å²) in [5.41, 5.74) is 0. The van der Waals surface area contributed by atoms with Crippen LogP contribution in [0.25, 0.3) is 0 Å². The summed E-state index contributed by atoms with van der Waals surface area (Å²) < 4.78 is 0. The van der Waals surface area contributed by atoms with Gasteiger partial charge in [0, 0.05) is 32.7 Å². The fraction of sp³-hybridized carbons (Fsp3) is 0.939. The van der Waals surface area contributed by atoms with E-state index < -0.39 is 0 Å². The minimum atomic E-state index is 0.00880. The summed E-state index contributed by atoms with van der Waals surface area (Å²) >= 11 is 0. The number of unbranched alkanes of at least 4 members (excludes halogenated alkanes) is 37. The van der Waals surface area contributed by atoms with Crippen molar-refractivity contribution in [3.05, 3.63) is 0 Å². The highest BCUT2D eigenvalue weighted by atomic mass is 16.2. The van der Waals surface area contributed by atoms with E-state index in [-0.39, 0.29) is 36.7 Å². The number of carbonyl (C=O) groups excluding carboxylic acids is 4. The van der Waals surface area contributed by atoms with E-state index >= 15 is 0 Å². The highest BCUT2D eigenvalue weighted by molar-refractivity contribution is 5.81. The van der Waals surface area contributed by atoms with Crippen LogP contribution in [0.1, 0.15) is 310 Å². The summed E-state index contributed by atoms with van der Waals surface area (Å²) in [5, 5.41) is 19.5. The van der Waals surface area contributed by atoms with Gasteiger partial charge in [0.15, 0.2) is 0 Å². The van der Waals surface area contributed by atoms with E-state index in [0.29, 0.717) is 32.7 Å². The molecule has 0 fully saturated rings. The zero-order valence-electron chi connectivity index (χ0n) is 52.5. The molecule has 6 N–H and O–H groups in total. The summed E-state index contributed by atoms with van der Waals surface area (Å²) in [6.07, 6.45) is 54.9. The highest BCUT2D eigenvalue weighted by Gasteiger charge is 2.15. The monoisotopic (exact) mass is 1100 g/mol. The Kier molecular flexibility index (Phi) is 62.0. The Balaban J connectivity index is 4.86. The molecule has 0 saturated carbocycles. The number of rotatable bonds is 65. The van der Waals surface area contributed by atoms with E-state index in [1.807, 2.05) is 4.90 Å². The molecule has 0 saturated heterocycles. The van der Waals surface area contributed by atoms with Gasteiger partial charge in [-0.05, 0) is 84.1 Å². The molecule has 0 aliphatic rings. The van der Waals surface area contributed by atoms with Gasteiger partial charge >= 0.3 is 0 Å². The van der Waals surface area contributed by atoms with Crippen molar-refractivity contribution in [3.8, 4) is 0 Å². The molecular formula is C66H134N8O4. The predicted octanol–water partition coefficient (Wildman–Crippen LogP) is 14.5. The molecule has 0 rings (SSSR count). The van der Waals surface area contributed by atoms with Gasteiger partial charge in [-0.1, -0.05) is 259 Å². The molecule has 78 heavy (non-hydrogen) atoms. The van der Waals surface area contributed by atoms with Crippen LogP contribution in [-0.2, 0) is 19.2 Å². The van der Waals surface area contributed by atoms with Crippen LogP contribution in [0.15, 0.2) is 0 Å². The van der Waals surface area contributed by atoms with E-state index in [1.165, 1.54) is 218 Å². The van der Waals surface area contributed by atoms with Crippen LogP contribution < -0.4 is 31.9 Å². The van der Waals surface area contributed by atoms with Crippen molar-refractivity contribution in [1.82, 2.24) is 41.7 Å². The van der Waals surface area contributed by atoms with Crippen LogP contribution in [0.4, 0.5) is 0 Å². The minimum Gasteiger partial charge on any atom is -0.355 e. The average molecular weight is 1100 g/mol. The van der Waals surface area contributed by atoms with Crippen molar-refractivity contribution in [2.45, 2.75) is 310 Å². The molecule has 12 nitrogen and oxygen atoms in total. The lowest BCUT2D eigenvalue weighted by molar-refractivity contribution is -0.125. The van der Waals surface area contributed by atoms with Gasteiger partial charge in [-0.2, -0.15) is 0 Å². The molecule has 0 aromatic carbocycles. The molecular weight excluding hydrogens is 969 g/mol. The molecule has 0 radical (unpaired) electrons. The highest BCUT2D eigenvalue weighted by Crippen LogP contribution is 2.14. The lowest BCUT2D eigenvalue weighted by Gasteiger charge is -2.22. The smallest absolute Gasteiger partial charge is 0.234 e. The Bertz CT molecular complexity index is 1240. The third-order valence-electron chi connectivity index (χ3n) is 15.5. The Morgan fingerprint density at radius 3 is 0.795 bits per heavy atom. The second kappa shape index (κ2) is 63.9. The first-order valence-electron chi connectivity index (χ1n) is 34.3. The number of hydrogen-bond donors (Lipinski definition) is 6. The lowest BCUT2D eigenvalue weighted by Crippen LogP contribution is -2.44. The maximum Gasteiger partial charge on any atom is 0.234 e. The van der Waals surface area contributed by atoms with Gasteiger partial charge in [-0.25, -0.2) is 0 Å². The SMILES string of the molecule is CCCCCCCCCCCCNC(=O)CNCCCN(CCCCNCCCN(CC(=O)NCCCCCCCCCCCC)CC(=O)NCCCCCCCCCCCC)CC(=O)NCCCCCCCCCCCC. The van der Waals surface area contributed by atoms with E-state index in [2.05, 4.69) is 64.5 Å². The van der Waals surface area contributed by atoms with E-state index in [1.54, 1.807) is 0 Å². The summed E-state index contributed by atoms with van der Waals surface area (Å²) in [4.78, 5) is 56.1. The number of nitrogens with zero attached hydrogens (tertiary/aromatic N) is 2. The molecule has 0 aliphatic carbocycles. The van der Waals surface area contributed by atoms with Crippen LogP contribution in [0.5, 0.6) is 0 Å². The van der Waals surface area contributed by atoms with Crippen molar-refractivity contribution < 1.29 is 19.2 Å². The van der Waals surface area contributed by atoms with Gasteiger partial charge in [-0.15, -0.1) is 0 Å². The third kappa shape index (κ3) is 59.8. The first-order valence-corrected chi connectivity index (χ1v) is 34.3. The van der Waals surface area contributed by atoms with Crippen molar-refractivity contribution in [2.24, 2.45) is 0 Å². The summed E-state index contributed by atoms with van der Waals surface area (Å²) in [7, 11) is 0. The van der Waals surface area contributed by atoms with Gasteiger partial charge in [-0.3, -0.25) is 29.0 Å². The fourth-order valence-electron chi connectivity index (χ4n) is 10.5. The van der Waals surface area contributed by atoms with Crippen molar-refractivity contribution in [1.29, 1.82) is 0 Å². The molecule has 0 aromatic rings. The third-order valence-corrected chi connectivity index (χ3v) is 15.5. The maximum atomic E-state index is 13.1. The zero-order valence-corrected chi connectivity index (χ0v) is 52.5. The molecule has 462 valence electrons. The first-order chi connectivity index (χ1) is 38.4. The summed E-state index contributed by atoms with van der Waals surface area (Å²) in [6.45, 7) is 18.0. The standard InChI is InChI=1S/C66H134N8O4/c1-5-9-13-17-21-25-29-33-37-41-52-69-63(75)59-68-51-48-57-73(60-64(76)70-53-42-38-34-30-26-22-18-14-10-6-2)56-46-45-49-67-50-47-58-74(61-65(77)71-54-43-39-35-31-27-23-19-15-11-7-3)62-66(78)72-55-44-40-36-32-28-24-20-16-12-8-4/h67-68H,5-62H2,1-4H3,(H,69,75)(H,70,76)(H,71,77)(H,72,78). The van der Waals surface area contributed by atoms with Gasteiger partial charge < -0.3 is 31.9 Å². The van der Waals surface area contributed by atoms with Gasteiger partial charge in [0.1, 0.15) is 0 Å². The van der Waals surface area contributed by atoms with E-state index in [4.69, 9.17) is 0 Å². The molecule has 0 spiro atoms. The maximum absolute atomic E-state index is 13.1. The van der Waals surface area contributed by atoms with Gasteiger partial charge in [0.2, 0.25) is 23.6 Å². The number of hydrogen-bond acceptors (Lipinski definition) is 8. The molecule has 0 aliphatic heterocycles. The normalized spacial score (nSPS) is 11.5. The number of carbonyl (C=O) groups is 4. The van der Waals surface area contributed by atoms with E-state index in [0.717, 1.165) is 110 Å². The topological polar surface area (TPSA) is 147 Å². The second-order valence-corrected chi connectivity index (χ2v) is 23.5. The fourth-order valence-corrected chi connectivity index (χ4v) is 10.5. The Morgan fingerprint density at radius 2 is 0.462 bits per heavy atom.